The first-order valence-electron chi connectivity index (χ1n) is 4.10. The van der Waals surface area contributed by atoms with Gasteiger partial charge in [-0.1, -0.05) is 23.4 Å². The third kappa shape index (κ3) is 2.94. The highest BCUT2D eigenvalue weighted by Crippen LogP contribution is 2.25. The summed E-state index contributed by atoms with van der Waals surface area (Å²) in [6, 6.07) is 1.73. The number of hydrogen-bond donors (Lipinski definition) is 1. The molecule has 0 aliphatic heterocycles. The quantitative estimate of drug-likeness (QED) is 0.608. The highest BCUT2D eigenvalue weighted by atomic mass is 35.5. The van der Waals surface area contributed by atoms with E-state index in [1.807, 2.05) is 13.2 Å². The van der Waals surface area contributed by atoms with Crippen molar-refractivity contribution in [3.8, 4) is 0 Å². The maximum absolute atomic E-state index is 5.81. The summed E-state index contributed by atoms with van der Waals surface area (Å²) in [6.45, 7) is 5.27. The number of amidine groups is 1. The molecule has 0 saturated heterocycles. The van der Waals surface area contributed by atoms with Gasteiger partial charge in [0, 0.05) is 0 Å². The highest BCUT2D eigenvalue weighted by molar-refractivity contribution is 8.13. The minimum Gasteiger partial charge on any atom is -0.382 e. The minimum atomic E-state index is 0.269. The van der Waals surface area contributed by atoms with E-state index in [9.17, 15) is 0 Å². The second-order valence-corrected chi connectivity index (χ2v) is 3.93. The van der Waals surface area contributed by atoms with Gasteiger partial charge >= 0.3 is 0 Å². The summed E-state index contributed by atoms with van der Waals surface area (Å²) in [4.78, 5) is 12.0. The fourth-order valence-electron chi connectivity index (χ4n) is 0.934. The van der Waals surface area contributed by atoms with Gasteiger partial charge in [-0.05, 0) is 31.5 Å². The number of nitrogens with zero attached hydrogens (tertiary/aromatic N) is 3. The van der Waals surface area contributed by atoms with Gasteiger partial charge in [-0.25, -0.2) is 15.0 Å². The van der Waals surface area contributed by atoms with E-state index in [0.717, 1.165) is 5.56 Å². The third-order valence-electron chi connectivity index (χ3n) is 1.69. The Balaban J connectivity index is 3.20. The van der Waals surface area contributed by atoms with Crippen molar-refractivity contribution in [2.75, 3.05) is 12.0 Å². The Morgan fingerprint density at radius 2 is 2.33 bits per heavy atom. The Morgan fingerprint density at radius 3 is 2.87 bits per heavy atom. The summed E-state index contributed by atoms with van der Waals surface area (Å²) >= 11 is 7.20. The van der Waals surface area contributed by atoms with Gasteiger partial charge < -0.3 is 5.73 Å². The molecule has 0 aromatic carbocycles. The zero-order valence-electron chi connectivity index (χ0n) is 8.49. The van der Waals surface area contributed by atoms with Gasteiger partial charge in [0.2, 0.25) is 0 Å². The van der Waals surface area contributed by atoms with Crippen molar-refractivity contribution in [1.82, 2.24) is 4.98 Å². The molecule has 0 fully saturated rings. The average Bonchev–Trinajstić information content (AvgIpc) is 2.21. The zero-order valence-corrected chi connectivity index (χ0v) is 10.1. The number of aryl methyl sites for hydroxylation is 1. The van der Waals surface area contributed by atoms with Gasteiger partial charge in [-0.15, -0.1) is 0 Å². The number of thioether (sulfide) groups is 1. The summed E-state index contributed by atoms with van der Waals surface area (Å²) < 4.78 is 0. The lowest BCUT2D eigenvalue weighted by Gasteiger charge is -2.03. The van der Waals surface area contributed by atoms with E-state index in [1.165, 1.54) is 11.8 Å². The predicted molar refractivity (Wildman–Crippen MR) is 68.6 cm³/mol. The van der Waals surface area contributed by atoms with Crippen LogP contribution >= 0.6 is 23.4 Å². The molecule has 1 heterocycles. The van der Waals surface area contributed by atoms with E-state index in [2.05, 4.69) is 21.7 Å². The number of aromatic nitrogens is 1. The van der Waals surface area contributed by atoms with Gasteiger partial charge in [0.05, 0.1) is 5.02 Å². The molecule has 0 atom stereocenters. The van der Waals surface area contributed by atoms with Gasteiger partial charge in [0.25, 0.3) is 0 Å². The Bertz CT molecular complexity index is 417. The molecule has 80 valence electrons. The molecule has 0 aliphatic carbocycles. The second-order valence-electron chi connectivity index (χ2n) is 2.75. The molecule has 4 nitrogen and oxygen atoms in total. The molecule has 15 heavy (non-hydrogen) atoms. The molecule has 1 aromatic rings. The lowest BCUT2D eigenvalue weighted by molar-refractivity contribution is 1.23. The van der Waals surface area contributed by atoms with Crippen LogP contribution in [-0.2, 0) is 0 Å². The minimum absolute atomic E-state index is 0.269. The molecule has 6 heteroatoms. The van der Waals surface area contributed by atoms with Crippen LogP contribution < -0.4 is 5.73 Å². The van der Waals surface area contributed by atoms with Crippen LogP contribution in [0, 0.1) is 6.92 Å². The number of nitrogen functional groups attached to an aromatic ring is 1. The Morgan fingerprint density at radius 1 is 1.67 bits per heavy atom. The van der Waals surface area contributed by atoms with E-state index in [1.54, 1.807) is 6.07 Å². The normalized spacial score (nSPS) is 11.5. The number of pyridine rings is 1. The topological polar surface area (TPSA) is 63.6 Å². The van der Waals surface area contributed by atoms with E-state index >= 15 is 0 Å². The van der Waals surface area contributed by atoms with Crippen molar-refractivity contribution < 1.29 is 0 Å². The Labute approximate surface area is 97.7 Å². The number of rotatable bonds is 1. The molecule has 0 amide bonds. The monoisotopic (exact) mass is 242 g/mol. The van der Waals surface area contributed by atoms with Gasteiger partial charge in [-0.2, -0.15) is 0 Å². The second kappa shape index (κ2) is 5.14. The highest BCUT2D eigenvalue weighted by Gasteiger charge is 2.05. The first-order chi connectivity index (χ1) is 7.08. The van der Waals surface area contributed by atoms with Crippen LogP contribution in [0.25, 0.3) is 0 Å². The fourth-order valence-corrected chi connectivity index (χ4v) is 1.45. The Hall–Kier alpha value is -1.07. The molecule has 0 spiro atoms. The SMILES string of the molecule is C=NC(=Nc1nc(N)c(Cl)cc1C)SC. The molecule has 1 aromatic heterocycles. The molecule has 0 radical (unpaired) electrons. The Kier molecular flexibility index (Phi) is 4.11. The van der Waals surface area contributed by atoms with E-state index in [0.29, 0.717) is 16.0 Å². The largest absolute Gasteiger partial charge is 0.382 e. The number of hydrogen-bond acceptors (Lipinski definition) is 4. The first-order valence-corrected chi connectivity index (χ1v) is 5.70. The molecule has 1 rings (SSSR count). The van der Waals surface area contributed by atoms with Crippen molar-refractivity contribution in [2.45, 2.75) is 6.92 Å². The number of nitrogens with two attached hydrogens (primary N) is 1. The number of anilines is 1. The lowest BCUT2D eigenvalue weighted by Crippen LogP contribution is -1.94. The summed E-state index contributed by atoms with van der Waals surface area (Å²) in [7, 11) is 0. The lowest BCUT2D eigenvalue weighted by atomic mass is 10.3. The molecule has 0 bridgehead atoms. The van der Waals surface area contributed by atoms with E-state index in [-0.39, 0.29) is 5.82 Å². The third-order valence-corrected chi connectivity index (χ3v) is 2.57. The van der Waals surface area contributed by atoms with Crippen LogP contribution in [0.1, 0.15) is 5.56 Å². The first kappa shape index (κ1) is 12.0. The summed E-state index contributed by atoms with van der Waals surface area (Å²) in [5.41, 5.74) is 6.43. The van der Waals surface area contributed by atoms with Crippen molar-refractivity contribution in [3.05, 3.63) is 16.7 Å². The standard InChI is InChI=1S/C9H11ClN4S/c1-5-4-6(10)7(11)13-8(5)14-9(12-2)15-3/h4H,2H2,1,3H3,(H2,11,13). The number of aliphatic imine (C=N–C) groups is 2. The van der Waals surface area contributed by atoms with Crippen LogP contribution in [0.2, 0.25) is 5.02 Å². The van der Waals surface area contributed by atoms with E-state index in [4.69, 9.17) is 17.3 Å². The number of halogens is 1. The van der Waals surface area contributed by atoms with Crippen LogP contribution in [0.15, 0.2) is 16.1 Å². The van der Waals surface area contributed by atoms with Crippen molar-refractivity contribution in [3.63, 3.8) is 0 Å². The molecule has 2 N–H and O–H groups in total. The molecule has 0 aliphatic rings. The van der Waals surface area contributed by atoms with Crippen LogP contribution in [0.3, 0.4) is 0 Å². The predicted octanol–water partition coefficient (Wildman–Crippen LogP) is 2.68. The molecule has 0 saturated carbocycles. The zero-order chi connectivity index (χ0) is 11.4. The van der Waals surface area contributed by atoms with Crippen LogP contribution in [0.4, 0.5) is 11.6 Å². The molecular weight excluding hydrogens is 232 g/mol. The van der Waals surface area contributed by atoms with Gasteiger partial charge in [-0.3, -0.25) is 0 Å². The average molecular weight is 243 g/mol. The summed E-state index contributed by atoms with van der Waals surface area (Å²) in [5, 5.41) is 0.982. The summed E-state index contributed by atoms with van der Waals surface area (Å²) in [6.07, 6.45) is 1.86. The summed E-state index contributed by atoms with van der Waals surface area (Å²) in [5.74, 6) is 0.791. The maximum atomic E-state index is 5.81. The van der Waals surface area contributed by atoms with Crippen molar-refractivity contribution >= 4 is 46.9 Å². The molecular formula is C9H11ClN4S. The van der Waals surface area contributed by atoms with Crippen LogP contribution in [-0.4, -0.2) is 23.1 Å². The van der Waals surface area contributed by atoms with E-state index < -0.39 is 0 Å². The van der Waals surface area contributed by atoms with Crippen molar-refractivity contribution in [2.24, 2.45) is 9.98 Å². The fraction of sp³-hybridized carbons (Fsp3) is 0.222. The van der Waals surface area contributed by atoms with Gasteiger partial charge in [0.15, 0.2) is 11.0 Å². The maximum Gasteiger partial charge on any atom is 0.188 e. The van der Waals surface area contributed by atoms with Crippen LogP contribution in [0.5, 0.6) is 0 Å². The van der Waals surface area contributed by atoms with Gasteiger partial charge in [0.1, 0.15) is 5.82 Å². The molecule has 0 unspecified atom stereocenters. The van der Waals surface area contributed by atoms with Crippen molar-refractivity contribution in [1.29, 1.82) is 0 Å². The smallest absolute Gasteiger partial charge is 0.188 e.